The Morgan fingerprint density at radius 2 is 2.12 bits per heavy atom. The molecule has 0 spiro atoms. The molecule has 0 saturated heterocycles. The van der Waals surface area contributed by atoms with Crippen LogP contribution in [0.5, 0.6) is 0 Å². The van der Waals surface area contributed by atoms with E-state index in [9.17, 15) is 4.79 Å². The van der Waals surface area contributed by atoms with Gasteiger partial charge < -0.3 is 0 Å². The fraction of sp³-hybridized carbons (Fsp3) is 0.357. The molecule has 2 aromatic rings. The second-order valence-corrected chi connectivity index (χ2v) is 5.29. The van der Waals surface area contributed by atoms with Crippen LogP contribution < -0.4 is 0 Å². The van der Waals surface area contributed by atoms with Gasteiger partial charge in [0.25, 0.3) is 0 Å². The van der Waals surface area contributed by atoms with Crippen LogP contribution in [-0.4, -0.2) is 5.78 Å². The zero-order valence-corrected chi connectivity index (χ0v) is 10.5. The van der Waals surface area contributed by atoms with E-state index in [1.807, 2.05) is 25.1 Å². The average molecular weight is 232 g/mol. The number of rotatable bonds is 4. The quantitative estimate of drug-likeness (QED) is 0.708. The smallest absolute Gasteiger partial charge is 0.175 e. The molecular formula is C14H16OS. The molecule has 0 radical (unpaired) electrons. The van der Waals surface area contributed by atoms with E-state index in [1.54, 1.807) is 11.3 Å². The van der Waals surface area contributed by atoms with E-state index >= 15 is 0 Å². The summed E-state index contributed by atoms with van der Waals surface area (Å²) in [5.74, 6) is 0.445. The Labute approximate surface area is 100 Å². The SMILES string of the molecule is CCCC(C)C(=O)c1cc2ccccc2s1. The Bertz CT molecular complexity index is 465. The molecule has 0 N–H and O–H groups in total. The van der Waals surface area contributed by atoms with Crippen LogP contribution in [0.3, 0.4) is 0 Å². The van der Waals surface area contributed by atoms with Crippen LogP contribution in [0.15, 0.2) is 30.3 Å². The van der Waals surface area contributed by atoms with E-state index in [4.69, 9.17) is 0 Å². The summed E-state index contributed by atoms with van der Waals surface area (Å²) in [6.07, 6.45) is 2.05. The third-order valence-corrected chi connectivity index (χ3v) is 3.97. The van der Waals surface area contributed by atoms with E-state index in [-0.39, 0.29) is 5.92 Å². The Morgan fingerprint density at radius 1 is 1.38 bits per heavy atom. The van der Waals surface area contributed by atoms with Crippen LogP contribution in [0.2, 0.25) is 0 Å². The second kappa shape index (κ2) is 4.79. The molecule has 1 unspecified atom stereocenters. The summed E-state index contributed by atoms with van der Waals surface area (Å²) in [7, 11) is 0. The minimum absolute atomic E-state index is 0.151. The van der Waals surface area contributed by atoms with Crippen LogP contribution >= 0.6 is 11.3 Å². The van der Waals surface area contributed by atoms with Crippen molar-refractivity contribution >= 4 is 27.2 Å². The maximum atomic E-state index is 12.1. The maximum Gasteiger partial charge on any atom is 0.175 e. The lowest BCUT2D eigenvalue weighted by molar-refractivity contribution is 0.0928. The predicted octanol–water partition coefficient (Wildman–Crippen LogP) is 4.52. The normalized spacial score (nSPS) is 12.9. The summed E-state index contributed by atoms with van der Waals surface area (Å²) < 4.78 is 1.20. The lowest BCUT2D eigenvalue weighted by atomic mass is 10.00. The second-order valence-electron chi connectivity index (χ2n) is 4.20. The van der Waals surface area contributed by atoms with Gasteiger partial charge in [0.15, 0.2) is 5.78 Å². The number of hydrogen-bond donors (Lipinski definition) is 0. The van der Waals surface area contributed by atoms with Gasteiger partial charge in [-0.1, -0.05) is 38.5 Å². The molecule has 0 amide bonds. The lowest BCUT2D eigenvalue weighted by Gasteiger charge is -2.05. The first-order chi connectivity index (χ1) is 7.72. The van der Waals surface area contributed by atoms with Crippen molar-refractivity contribution in [1.82, 2.24) is 0 Å². The monoisotopic (exact) mass is 232 g/mol. The van der Waals surface area contributed by atoms with Gasteiger partial charge in [0, 0.05) is 10.6 Å². The molecule has 1 aromatic carbocycles. The van der Waals surface area contributed by atoms with Crippen molar-refractivity contribution in [3.8, 4) is 0 Å². The molecule has 2 heteroatoms. The number of thiophene rings is 1. The highest BCUT2D eigenvalue weighted by atomic mass is 32.1. The minimum atomic E-state index is 0.151. The summed E-state index contributed by atoms with van der Waals surface area (Å²) >= 11 is 1.61. The fourth-order valence-corrected chi connectivity index (χ4v) is 3.03. The Morgan fingerprint density at radius 3 is 2.81 bits per heavy atom. The fourth-order valence-electron chi connectivity index (χ4n) is 1.91. The van der Waals surface area contributed by atoms with Gasteiger partial charge in [-0.3, -0.25) is 4.79 Å². The topological polar surface area (TPSA) is 17.1 Å². The predicted molar refractivity (Wildman–Crippen MR) is 70.2 cm³/mol. The van der Waals surface area contributed by atoms with Gasteiger partial charge >= 0.3 is 0 Å². The zero-order valence-electron chi connectivity index (χ0n) is 9.69. The molecule has 0 saturated carbocycles. The Hall–Kier alpha value is -1.15. The first-order valence-corrected chi connectivity index (χ1v) is 6.56. The Balaban J connectivity index is 2.29. The lowest BCUT2D eigenvalue weighted by Crippen LogP contribution is -2.08. The summed E-state index contributed by atoms with van der Waals surface area (Å²) in [6, 6.07) is 10.2. The van der Waals surface area contributed by atoms with Crippen molar-refractivity contribution in [2.24, 2.45) is 5.92 Å². The van der Waals surface area contributed by atoms with E-state index in [2.05, 4.69) is 19.1 Å². The van der Waals surface area contributed by atoms with Crippen LogP contribution in [-0.2, 0) is 0 Å². The van der Waals surface area contributed by atoms with Crippen LogP contribution in [0.4, 0.5) is 0 Å². The number of benzene rings is 1. The van der Waals surface area contributed by atoms with Crippen molar-refractivity contribution in [2.45, 2.75) is 26.7 Å². The molecular weight excluding hydrogens is 216 g/mol. The number of hydrogen-bond acceptors (Lipinski definition) is 2. The molecule has 0 fully saturated rings. The molecule has 1 aromatic heterocycles. The van der Waals surface area contributed by atoms with Gasteiger partial charge in [0.1, 0.15) is 0 Å². The maximum absolute atomic E-state index is 12.1. The molecule has 1 heterocycles. The van der Waals surface area contributed by atoms with Gasteiger partial charge in [-0.15, -0.1) is 11.3 Å². The van der Waals surface area contributed by atoms with Gasteiger partial charge in [-0.05, 0) is 23.9 Å². The van der Waals surface area contributed by atoms with Crippen molar-refractivity contribution < 1.29 is 4.79 Å². The first-order valence-electron chi connectivity index (χ1n) is 5.75. The van der Waals surface area contributed by atoms with E-state index in [1.165, 1.54) is 10.1 Å². The van der Waals surface area contributed by atoms with Crippen LogP contribution in [0, 0.1) is 5.92 Å². The number of ketones is 1. The standard InChI is InChI=1S/C14H16OS/c1-3-6-10(2)14(15)13-9-11-7-4-5-8-12(11)16-13/h4-5,7-10H,3,6H2,1-2H3. The van der Waals surface area contributed by atoms with E-state index < -0.39 is 0 Å². The largest absolute Gasteiger partial charge is 0.293 e. The average Bonchev–Trinajstić information content (AvgIpc) is 2.71. The number of carbonyl (C=O) groups excluding carboxylic acids is 1. The molecule has 1 atom stereocenters. The molecule has 1 nitrogen and oxygen atoms in total. The van der Waals surface area contributed by atoms with Gasteiger partial charge in [0.2, 0.25) is 0 Å². The van der Waals surface area contributed by atoms with Crippen molar-refractivity contribution in [1.29, 1.82) is 0 Å². The van der Waals surface area contributed by atoms with E-state index in [0.717, 1.165) is 17.7 Å². The number of fused-ring (bicyclic) bond motifs is 1. The van der Waals surface area contributed by atoms with Crippen LogP contribution in [0.1, 0.15) is 36.4 Å². The van der Waals surface area contributed by atoms with Gasteiger partial charge in [-0.25, -0.2) is 0 Å². The van der Waals surface area contributed by atoms with Crippen LogP contribution in [0.25, 0.3) is 10.1 Å². The summed E-state index contributed by atoms with van der Waals surface area (Å²) in [5.41, 5.74) is 0. The van der Waals surface area contributed by atoms with Crippen molar-refractivity contribution in [3.63, 3.8) is 0 Å². The van der Waals surface area contributed by atoms with Gasteiger partial charge in [0.05, 0.1) is 4.88 Å². The Kier molecular flexibility index (Phi) is 3.39. The molecule has 0 bridgehead atoms. The summed E-state index contributed by atoms with van der Waals surface area (Å²) in [4.78, 5) is 13.0. The van der Waals surface area contributed by atoms with Crippen molar-refractivity contribution in [3.05, 3.63) is 35.2 Å². The van der Waals surface area contributed by atoms with Gasteiger partial charge in [-0.2, -0.15) is 0 Å². The molecule has 0 aliphatic carbocycles. The molecule has 0 aliphatic rings. The third kappa shape index (κ3) is 2.17. The first kappa shape index (κ1) is 11.3. The summed E-state index contributed by atoms with van der Waals surface area (Å²) in [6.45, 7) is 4.14. The highest BCUT2D eigenvalue weighted by Gasteiger charge is 2.16. The number of carbonyl (C=O) groups is 1. The zero-order chi connectivity index (χ0) is 11.5. The molecule has 84 valence electrons. The molecule has 0 aliphatic heterocycles. The highest BCUT2D eigenvalue weighted by molar-refractivity contribution is 7.20. The molecule has 2 rings (SSSR count). The molecule has 16 heavy (non-hydrogen) atoms. The van der Waals surface area contributed by atoms with E-state index in [0.29, 0.717) is 5.78 Å². The summed E-state index contributed by atoms with van der Waals surface area (Å²) in [5, 5.41) is 1.18. The number of Topliss-reactive ketones (excluding diaryl/α,β-unsaturated/α-hetero) is 1. The van der Waals surface area contributed by atoms with Crippen molar-refractivity contribution in [2.75, 3.05) is 0 Å². The minimum Gasteiger partial charge on any atom is -0.293 e. The third-order valence-electron chi connectivity index (χ3n) is 2.84. The highest BCUT2D eigenvalue weighted by Crippen LogP contribution is 2.27.